The van der Waals surface area contributed by atoms with Crippen LogP contribution < -0.4 is 5.43 Å². The molecule has 2 rings (SSSR count). The van der Waals surface area contributed by atoms with Crippen LogP contribution in [0.3, 0.4) is 0 Å². The molecular formula is C18H24N2. The van der Waals surface area contributed by atoms with E-state index in [1.807, 2.05) is 6.21 Å². The van der Waals surface area contributed by atoms with E-state index in [1.54, 1.807) is 0 Å². The van der Waals surface area contributed by atoms with Crippen LogP contribution in [0.25, 0.3) is 5.57 Å². The quantitative estimate of drug-likeness (QED) is 0.632. The van der Waals surface area contributed by atoms with E-state index >= 15 is 0 Å². The van der Waals surface area contributed by atoms with Gasteiger partial charge in [-0.15, -0.1) is 0 Å². The Morgan fingerprint density at radius 1 is 1.15 bits per heavy atom. The molecule has 0 atom stereocenters. The molecule has 0 bridgehead atoms. The number of nitrogens with one attached hydrogen (secondary N) is 1. The highest BCUT2D eigenvalue weighted by Crippen LogP contribution is 2.33. The zero-order valence-electron chi connectivity index (χ0n) is 13.1. The van der Waals surface area contributed by atoms with E-state index in [-0.39, 0.29) is 5.54 Å². The molecule has 0 unspecified atom stereocenters. The fourth-order valence-corrected chi connectivity index (χ4v) is 2.23. The lowest BCUT2D eigenvalue weighted by Crippen LogP contribution is -2.31. The average Bonchev–Trinajstić information content (AvgIpc) is 2.68. The van der Waals surface area contributed by atoms with Crippen molar-refractivity contribution in [1.82, 2.24) is 5.43 Å². The Bertz CT molecular complexity index is 584. The zero-order chi connectivity index (χ0) is 14.8. The van der Waals surface area contributed by atoms with Gasteiger partial charge in [0.1, 0.15) is 0 Å². The third-order valence-electron chi connectivity index (χ3n) is 3.43. The van der Waals surface area contributed by atoms with Crippen LogP contribution in [0.4, 0.5) is 0 Å². The molecule has 106 valence electrons. The van der Waals surface area contributed by atoms with E-state index in [4.69, 9.17) is 0 Å². The number of benzene rings is 1. The largest absolute Gasteiger partial charge is 0.305 e. The minimum Gasteiger partial charge on any atom is -0.305 e. The molecule has 0 aromatic heterocycles. The molecule has 1 aromatic carbocycles. The lowest BCUT2D eigenvalue weighted by atomic mass is 9.98. The van der Waals surface area contributed by atoms with Gasteiger partial charge in [-0.1, -0.05) is 41.5 Å². The first-order chi connectivity index (χ1) is 9.37. The molecular weight excluding hydrogens is 244 g/mol. The minimum absolute atomic E-state index is 0.00714. The molecule has 2 nitrogen and oxygen atoms in total. The summed E-state index contributed by atoms with van der Waals surface area (Å²) in [6.07, 6.45) is 5.26. The Morgan fingerprint density at radius 2 is 1.85 bits per heavy atom. The summed E-state index contributed by atoms with van der Waals surface area (Å²) >= 11 is 0. The summed E-state index contributed by atoms with van der Waals surface area (Å²) in [5.41, 5.74) is 9.82. The maximum atomic E-state index is 4.37. The fraction of sp³-hybridized carbons (Fsp3) is 0.389. The molecule has 1 aliphatic carbocycles. The Kier molecular flexibility index (Phi) is 4.12. The molecule has 0 saturated heterocycles. The van der Waals surface area contributed by atoms with Gasteiger partial charge in [0, 0.05) is 11.1 Å². The van der Waals surface area contributed by atoms with Crippen molar-refractivity contribution in [1.29, 1.82) is 0 Å². The summed E-state index contributed by atoms with van der Waals surface area (Å²) in [7, 11) is 0. The first-order valence-corrected chi connectivity index (χ1v) is 7.13. The molecule has 0 amide bonds. The van der Waals surface area contributed by atoms with Crippen LogP contribution in [-0.2, 0) is 0 Å². The maximum Gasteiger partial charge on any atom is 0.0546 e. The van der Waals surface area contributed by atoms with Crippen molar-refractivity contribution in [3.05, 3.63) is 52.6 Å². The van der Waals surface area contributed by atoms with Crippen molar-refractivity contribution >= 4 is 11.8 Å². The highest BCUT2D eigenvalue weighted by atomic mass is 15.3. The summed E-state index contributed by atoms with van der Waals surface area (Å²) in [4.78, 5) is 0. The highest BCUT2D eigenvalue weighted by molar-refractivity contribution is 5.90. The van der Waals surface area contributed by atoms with E-state index in [0.717, 1.165) is 12.0 Å². The van der Waals surface area contributed by atoms with Crippen molar-refractivity contribution in [2.24, 2.45) is 5.10 Å². The number of hydrogen-bond acceptors (Lipinski definition) is 2. The van der Waals surface area contributed by atoms with Crippen LogP contribution in [0.5, 0.6) is 0 Å². The number of rotatable bonds is 3. The Labute approximate surface area is 122 Å². The second kappa shape index (κ2) is 5.66. The van der Waals surface area contributed by atoms with Crippen molar-refractivity contribution in [3.63, 3.8) is 0 Å². The van der Waals surface area contributed by atoms with Crippen molar-refractivity contribution < 1.29 is 0 Å². The third-order valence-corrected chi connectivity index (χ3v) is 3.43. The van der Waals surface area contributed by atoms with Gasteiger partial charge in [-0.05, 0) is 52.2 Å². The summed E-state index contributed by atoms with van der Waals surface area (Å²) in [5, 5.41) is 4.37. The van der Waals surface area contributed by atoms with Crippen LogP contribution in [0.1, 0.15) is 52.2 Å². The second-order valence-corrected chi connectivity index (χ2v) is 6.52. The van der Waals surface area contributed by atoms with Crippen molar-refractivity contribution in [3.8, 4) is 0 Å². The molecule has 0 heterocycles. The zero-order valence-corrected chi connectivity index (χ0v) is 13.1. The summed E-state index contributed by atoms with van der Waals surface area (Å²) in [6.45, 7) is 10.7. The molecule has 1 aliphatic rings. The fourth-order valence-electron chi connectivity index (χ4n) is 2.23. The smallest absolute Gasteiger partial charge is 0.0546 e. The molecule has 1 aromatic rings. The van der Waals surface area contributed by atoms with Crippen LogP contribution in [0, 0.1) is 0 Å². The molecule has 1 N–H and O–H groups in total. The predicted molar refractivity (Wildman–Crippen MR) is 87.9 cm³/mol. The van der Waals surface area contributed by atoms with Crippen LogP contribution in [0.15, 0.2) is 46.6 Å². The van der Waals surface area contributed by atoms with Crippen molar-refractivity contribution in [2.75, 3.05) is 0 Å². The number of hydrazone groups is 1. The van der Waals surface area contributed by atoms with E-state index in [0.29, 0.717) is 0 Å². The van der Waals surface area contributed by atoms with Gasteiger partial charge < -0.3 is 5.43 Å². The molecule has 0 radical (unpaired) electrons. The van der Waals surface area contributed by atoms with Gasteiger partial charge in [0.25, 0.3) is 0 Å². The molecule has 20 heavy (non-hydrogen) atoms. The van der Waals surface area contributed by atoms with Gasteiger partial charge in [-0.2, -0.15) is 5.10 Å². The second-order valence-electron chi connectivity index (χ2n) is 6.52. The van der Waals surface area contributed by atoms with Gasteiger partial charge in [-0.25, -0.2) is 0 Å². The van der Waals surface area contributed by atoms with E-state index in [2.05, 4.69) is 75.5 Å². The van der Waals surface area contributed by atoms with Crippen LogP contribution >= 0.6 is 0 Å². The third kappa shape index (κ3) is 3.60. The number of allylic oxidation sites excluding steroid dienone is 4. The van der Waals surface area contributed by atoms with E-state index < -0.39 is 0 Å². The minimum atomic E-state index is -0.00714. The molecule has 0 aliphatic heterocycles. The van der Waals surface area contributed by atoms with E-state index in [9.17, 15) is 0 Å². The monoisotopic (exact) mass is 268 g/mol. The topological polar surface area (TPSA) is 24.4 Å². The maximum absolute atomic E-state index is 4.37. The van der Waals surface area contributed by atoms with Gasteiger partial charge in [-0.3, -0.25) is 0 Å². The van der Waals surface area contributed by atoms with Crippen molar-refractivity contribution in [2.45, 2.75) is 46.6 Å². The Hall–Kier alpha value is -1.83. The van der Waals surface area contributed by atoms with Gasteiger partial charge in [0.05, 0.1) is 6.21 Å². The standard InChI is InChI=1S/C18H24N2/c1-13-10-16(11-14(13)2)17-9-7-6-8-15(17)12-19-20-18(3,4)5/h6-10,12,20H,11H2,1-5H3. The number of nitrogens with zero attached hydrogens (tertiary/aromatic N) is 1. The van der Waals surface area contributed by atoms with Gasteiger partial charge >= 0.3 is 0 Å². The van der Waals surface area contributed by atoms with Crippen LogP contribution in [0.2, 0.25) is 0 Å². The van der Waals surface area contributed by atoms with Gasteiger partial charge in [0.2, 0.25) is 0 Å². The molecule has 0 fully saturated rings. The highest BCUT2D eigenvalue weighted by Gasteiger charge is 2.13. The lowest BCUT2D eigenvalue weighted by Gasteiger charge is -2.17. The van der Waals surface area contributed by atoms with Gasteiger partial charge in [0.15, 0.2) is 0 Å². The Morgan fingerprint density at radius 3 is 2.45 bits per heavy atom. The molecule has 2 heteroatoms. The first-order valence-electron chi connectivity index (χ1n) is 7.13. The summed E-state index contributed by atoms with van der Waals surface area (Å²) in [6, 6.07) is 8.45. The Balaban J connectivity index is 2.22. The van der Waals surface area contributed by atoms with Crippen LogP contribution in [-0.4, -0.2) is 11.8 Å². The lowest BCUT2D eigenvalue weighted by molar-refractivity contribution is 0.442. The molecule has 0 spiro atoms. The first kappa shape index (κ1) is 14.6. The summed E-state index contributed by atoms with van der Waals surface area (Å²) < 4.78 is 0. The van der Waals surface area contributed by atoms with E-state index in [1.165, 1.54) is 22.3 Å². The number of hydrogen-bond donors (Lipinski definition) is 1. The normalized spacial score (nSPS) is 15.9. The average molecular weight is 268 g/mol. The molecule has 0 saturated carbocycles. The summed E-state index contributed by atoms with van der Waals surface area (Å²) in [5.74, 6) is 0. The SMILES string of the molecule is CC1=C(C)CC(c2ccccc2C=NNC(C)(C)C)=C1. The predicted octanol–water partition coefficient (Wildman–Crippen LogP) is 4.53.